The fourth-order valence-electron chi connectivity index (χ4n) is 7.16. The monoisotopic (exact) mass is 775 g/mol. The Balaban J connectivity index is 1.18. The summed E-state index contributed by atoms with van der Waals surface area (Å²) in [6.07, 6.45) is -2.20. The van der Waals surface area contributed by atoms with E-state index in [-0.39, 0.29) is 11.4 Å². The number of carbonyl (C=O) groups is 1. The highest BCUT2D eigenvalue weighted by Crippen LogP contribution is 2.32. The second-order valence-electron chi connectivity index (χ2n) is 14.5. The summed E-state index contributed by atoms with van der Waals surface area (Å²) in [7, 11) is 0. The van der Waals surface area contributed by atoms with E-state index in [9.17, 15) is 32.3 Å². The van der Waals surface area contributed by atoms with Gasteiger partial charge in [-0.3, -0.25) is 19.4 Å². The van der Waals surface area contributed by atoms with E-state index in [4.69, 9.17) is 0 Å². The van der Waals surface area contributed by atoms with Crippen molar-refractivity contribution < 1.29 is 27.5 Å². The van der Waals surface area contributed by atoms with E-state index >= 15 is 0 Å². The molecule has 0 unspecified atom stereocenters. The molecule has 55 heavy (non-hydrogen) atoms. The molecule has 288 valence electrons. The van der Waals surface area contributed by atoms with Crippen molar-refractivity contribution in [3.8, 4) is 11.1 Å². The zero-order chi connectivity index (χ0) is 38.9. The van der Waals surface area contributed by atoms with Crippen LogP contribution in [0.25, 0.3) is 11.1 Å². The Morgan fingerprint density at radius 3 is 2.00 bits per heavy atom. The molecule has 0 bridgehead atoms. The average Bonchev–Trinajstić information content (AvgIpc) is 3.81. The Labute approximate surface area is 319 Å². The molecule has 3 heterocycles. The summed E-state index contributed by atoms with van der Waals surface area (Å²) < 4.78 is 57.2. The van der Waals surface area contributed by atoms with E-state index in [1.165, 1.54) is 36.0 Å². The van der Waals surface area contributed by atoms with Crippen LogP contribution in [0, 0.1) is 5.82 Å². The molecule has 0 amide bonds. The van der Waals surface area contributed by atoms with Crippen molar-refractivity contribution in [1.29, 1.82) is 0 Å². The number of aromatic nitrogens is 5. The van der Waals surface area contributed by atoms with Gasteiger partial charge in [0.25, 0.3) is 5.56 Å². The minimum absolute atomic E-state index is 0.231. The van der Waals surface area contributed by atoms with Crippen molar-refractivity contribution in [3.63, 3.8) is 0 Å². The Hall–Kier alpha value is -4.86. The first-order chi connectivity index (χ1) is 26.3. The first-order valence-electron chi connectivity index (χ1n) is 18.1. The van der Waals surface area contributed by atoms with Crippen LogP contribution in [0.15, 0.2) is 82.7 Å². The number of aliphatic carboxylic acids is 1. The summed E-state index contributed by atoms with van der Waals surface area (Å²) in [5.41, 5.74) is 2.99. The Bertz CT molecular complexity index is 2210. The normalized spacial score (nSPS) is 15.4. The number of hydrogen-bond donors (Lipinski definition) is 1. The molecule has 0 spiro atoms. The largest absolute Gasteiger partial charge is 0.480 e. The molecular weight excluding hydrogens is 735 g/mol. The molecule has 1 saturated heterocycles. The van der Waals surface area contributed by atoms with Crippen molar-refractivity contribution >= 4 is 17.7 Å². The molecule has 7 rings (SSSR count). The molecule has 1 aliphatic carbocycles. The van der Waals surface area contributed by atoms with Crippen LogP contribution in [0.2, 0.25) is 0 Å². The lowest BCUT2D eigenvalue weighted by molar-refractivity contribution is -0.150. The quantitative estimate of drug-likeness (QED) is 0.0862. The van der Waals surface area contributed by atoms with Gasteiger partial charge in [0.1, 0.15) is 17.2 Å². The number of halogens is 4. The van der Waals surface area contributed by atoms with Crippen LogP contribution >= 0.6 is 11.8 Å². The third kappa shape index (κ3) is 8.53. The number of nitrogens with zero attached hydrogens (tertiary/aromatic N) is 7. The van der Waals surface area contributed by atoms with E-state index in [2.05, 4.69) is 29.2 Å². The van der Waals surface area contributed by atoms with Gasteiger partial charge < -0.3 is 14.2 Å². The zero-order valence-electron chi connectivity index (χ0n) is 30.5. The van der Waals surface area contributed by atoms with Crippen molar-refractivity contribution in [1.82, 2.24) is 34.1 Å². The van der Waals surface area contributed by atoms with Gasteiger partial charge in [0.2, 0.25) is 0 Å². The van der Waals surface area contributed by atoms with Crippen LogP contribution in [0.1, 0.15) is 59.9 Å². The van der Waals surface area contributed by atoms with Gasteiger partial charge in [-0.15, -0.1) is 10.2 Å². The lowest BCUT2D eigenvalue weighted by atomic mass is 10.0. The minimum Gasteiger partial charge on any atom is -0.480 e. The fourth-order valence-corrected chi connectivity index (χ4v) is 8.12. The first kappa shape index (κ1) is 38.4. The topological polar surface area (TPSA) is 109 Å². The molecule has 1 aliphatic heterocycles. The van der Waals surface area contributed by atoms with Crippen LogP contribution in [0.4, 0.5) is 17.6 Å². The predicted octanol–water partition coefficient (Wildman–Crippen LogP) is 6.52. The van der Waals surface area contributed by atoms with Gasteiger partial charge in [-0.05, 0) is 79.6 Å². The second-order valence-corrected chi connectivity index (χ2v) is 15.4. The number of carboxylic acid groups (broad SMARTS) is 1. The third-order valence-corrected chi connectivity index (χ3v) is 11.6. The number of hydrogen-bond acceptors (Lipinski definition) is 8. The van der Waals surface area contributed by atoms with Crippen molar-refractivity contribution in [2.75, 3.05) is 26.2 Å². The molecule has 3 aromatic carbocycles. The van der Waals surface area contributed by atoms with Gasteiger partial charge in [-0.1, -0.05) is 60.3 Å². The Morgan fingerprint density at radius 2 is 1.38 bits per heavy atom. The highest BCUT2D eigenvalue weighted by molar-refractivity contribution is 7.98. The van der Waals surface area contributed by atoms with Gasteiger partial charge in [-0.2, -0.15) is 18.2 Å². The molecule has 1 fully saturated rings. The number of thioether (sulfide) groups is 1. The Morgan fingerprint density at radius 1 is 0.782 bits per heavy atom. The molecule has 2 aromatic heterocycles. The van der Waals surface area contributed by atoms with Crippen LogP contribution in [0.5, 0.6) is 0 Å². The summed E-state index contributed by atoms with van der Waals surface area (Å²) in [6.45, 7) is 7.06. The number of alkyl halides is 3. The van der Waals surface area contributed by atoms with Crippen LogP contribution in [-0.2, 0) is 49.2 Å². The van der Waals surface area contributed by atoms with Gasteiger partial charge in [0.05, 0.1) is 25.2 Å². The molecule has 15 heteroatoms. The third-order valence-electron chi connectivity index (χ3n) is 10.6. The van der Waals surface area contributed by atoms with Crippen LogP contribution < -0.4 is 5.56 Å². The van der Waals surface area contributed by atoms with E-state index < -0.39 is 23.2 Å². The van der Waals surface area contributed by atoms with E-state index in [1.54, 1.807) is 26.0 Å². The van der Waals surface area contributed by atoms with E-state index in [0.29, 0.717) is 80.1 Å². The first-order valence-corrected chi connectivity index (χ1v) is 19.1. The smallest absolute Gasteiger partial charge is 0.416 e. The summed E-state index contributed by atoms with van der Waals surface area (Å²) in [6, 6.07) is 19.0. The number of benzene rings is 3. The molecule has 0 saturated carbocycles. The number of rotatable bonds is 12. The lowest BCUT2D eigenvalue weighted by Gasteiger charge is -2.41. The summed E-state index contributed by atoms with van der Waals surface area (Å²) in [4.78, 5) is 33.7. The molecule has 10 nitrogen and oxygen atoms in total. The molecule has 1 N–H and O–H groups in total. The minimum atomic E-state index is -4.41. The lowest BCUT2D eigenvalue weighted by Crippen LogP contribution is -2.57. The van der Waals surface area contributed by atoms with Crippen molar-refractivity contribution in [2.45, 2.75) is 75.4 Å². The predicted molar refractivity (Wildman–Crippen MR) is 200 cm³/mol. The van der Waals surface area contributed by atoms with Crippen molar-refractivity contribution in [2.24, 2.45) is 0 Å². The summed E-state index contributed by atoms with van der Waals surface area (Å²) >= 11 is 1.41. The zero-order valence-corrected chi connectivity index (χ0v) is 31.3. The standard InChI is InChI=1S/C40H41F4N7O3S/c1-39(2,37(53)54)49-20-18-48(19-21-49)23-34-46-47-35(51(34)22-26-6-10-28(11-7-26)29-12-14-30(15-13-29)40(42,43)44)24-50-33-5-3-4-32(33)36(52)45-38(50)55-25-27-8-16-31(41)17-9-27/h6-17H,3-5,18-25H2,1-2H3,(H,53,54). The number of carboxylic acids is 1. The van der Waals surface area contributed by atoms with Crippen molar-refractivity contribution in [3.05, 3.63) is 129 Å². The fraction of sp³-hybridized carbons (Fsp3) is 0.375. The van der Waals surface area contributed by atoms with Gasteiger partial charge >= 0.3 is 12.1 Å². The maximum absolute atomic E-state index is 13.6. The maximum atomic E-state index is 13.6. The Kier molecular flexibility index (Phi) is 11.0. The maximum Gasteiger partial charge on any atom is 0.416 e. The van der Waals surface area contributed by atoms with E-state index in [0.717, 1.165) is 53.2 Å². The highest BCUT2D eigenvalue weighted by Gasteiger charge is 2.36. The molecule has 2 aliphatic rings. The molecular formula is C40H41F4N7O3S. The average molecular weight is 776 g/mol. The summed E-state index contributed by atoms with van der Waals surface area (Å²) in [5, 5.41) is 19.7. The molecule has 0 atom stereocenters. The van der Waals surface area contributed by atoms with Gasteiger partial charge in [0.15, 0.2) is 11.0 Å². The highest BCUT2D eigenvalue weighted by atomic mass is 32.2. The van der Waals surface area contributed by atoms with Crippen LogP contribution in [-0.4, -0.2) is 76.9 Å². The SMILES string of the molecule is CC(C)(C(=O)O)N1CCN(Cc2nnc(Cn3c(SCc4ccc(F)cc4)nc(=O)c4c3CCC4)n2Cc2ccc(-c3ccc(C(F)(F)F)cc3)cc2)CC1. The van der Waals surface area contributed by atoms with Gasteiger partial charge in [0, 0.05) is 43.2 Å². The molecule has 5 aromatic rings. The van der Waals surface area contributed by atoms with Crippen LogP contribution in [0.3, 0.4) is 0 Å². The molecule has 0 radical (unpaired) electrons. The second kappa shape index (κ2) is 15.7. The number of piperazine rings is 1. The van der Waals surface area contributed by atoms with Gasteiger partial charge in [-0.25, -0.2) is 4.39 Å². The van der Waals surface area contributed by atoms with E-state index in [1.807, 2.05) is 29.2 Å². The number of fused-ring (bicyclic) bond motifs is 1. The summed E-state index contributed by atoms with van der Waals surface area (Å²) in [5.74, 6) is 0.680.